The van der Waals surface area contributed by atoms with Crippen molar-refractivity contribution < 1.29 is 14.2 Å². The largest absolute Gasteiger partial charge is 0.504 e. The number of likely N-dealkylation sites (tertiary alicyclic amines) is 1. The van der Waals surface area contributed by atoms with Gasteiger partial charge in [-0.1, -0.05) is 13.3 Å². The summed E-state index contributed by atoms with van der Waals surface area (Å²) in [5.74, 6) is -1.15. The molecule has 1 aliphatic heterocycles. The fraction of sp³-hybridized carbons (Fsp3) is 0.522. The van der Waals surface area contributed by atoms with Crippen LogP contribution < -0.4 is 15.8 Å². The summed E-state index contributed by atoms with van der Waals surface area (Å²) in [4.78, 5) is 10.0. The number of nitrogens with zero attached hydrogens (tertiary/aromatic N) is 4. The van der Waals surface area contributed by atoms with Crippen LogP contribution >= 0.6 is 0 Å². The molecule has 3 rings (SSSR count). The summed E-state index contributed by atoms with van der Waals surface area (Å²) in [5, 5.41) is 16.5. The fourth-order valence-corrected chi connectivity index (χ4v) is 3.62. The Morgan fingerprint density at radius 1 is 1.31 bits per heavy atom. The molecule has 0 saturated carbocycles. The van der Waals surface area contributed by atoms with E-state index >= 15 is 0 Å². The average molecular weight is 484 g/mol. The first kappa shape index (κ1) is 29.5. The molecule has 4 N–H and O–H groups in total. The molecule has 13 heteroatoms. The van der Waals surface area contributed by atoms with E-state index in [-0.39, 0.29) is 23.1 Å². The van der Waals surface area contributed by atoms with Gasteiger partial charge in [0.05, 0.1) is 11.8 Å². The highest BCUT2D eigenvalue weighted by atomic mass is 19.1. The number of piperidine rings is 1. The van der Waals surface area contributed by atoms with E-state index in [0.29, 0.717) is 11.2 Å². The van der Waals surface area contributed by atoms with E-state index in [9.17, 15) is 14.8 Å². The Morgan fingerprint density at radius 3 is 2.56 bits per heavy atom. The molecule has 0 amide bonds. The van der Waals surface area contributed by atoms with Gasteiger partial charge < -0.3 is 20.9 Å². The van der Waals surface area contributed by atoms with Gasteiger partial charge in [-0.05, 0) is 64.4 Å². The zero-order valence-electron chi connectivity index (χ0n) is 21.0. The van der Waals surface area contributed by atoms with Crippen molar-refractivity contribution >= 4 is 48.8 Å². The molecule has 1 aromatic heterocycles. The molecule has 182 valence electrons. The minimum atomic E-state index is -2.56. The summed E-state index contributed by atoms with van der Waals surface area (Å²) in [6, 6.07) is 5.99. The molecule has 0 unspecified atom stereocenters. The lowest BCUT2D eigenvalue weighted by molar-refractivity contribution is 0.0773. The van der Waals surface area contributed by atoms with E-state index in [1.807, 2.05) is 6.07 Å². The molecule has 1 aromatic carbocycles. The molecule has 0 aliphatic carbocycles. The molecule has 0 spiro atoms. The first-order chi connectivity index (χ1) is 16.7. The van der Waals surface area contributed by atoms with Gasteiger partial charge in [-0.15, -0.1) is 0 Å². The molecule has 36 heavy (non-hydrogen) atoms. The molecule has 2 heterocycles. The molecule has 8 radical (unpaired) electrons. The third kappa shape index (κ3) is 7.90. The van der Waals surface area contributed by atoms with Gasteiger partial charge in [0.15, 0.2) is 11.6 Å². The van der Waals surface area contributed by atoms with Crippen molar-refractivity contribution in [3.63, 3.8) is 0 Å². The maximum absolute atomic E-state index is 13.1. The molecule has 1 aliphatic rings. The van der Waals surface area contributed by atoms with Crippen molar-refractivity contribution in [1.29, 1.82) is 5.26 Å². The third-order valence-corrected chi connectivity index (χ3v) is 5.85. The maximum Gasteiger partial charge on any atom is 0.229 e. The molecular weight excluding hydrogens is 455 g/mol. The van der Waals surface area contributed by atoms with Crippen LogP contribution in [0.4, 0.5) is 21.8 Å². The van der Waals surface area contributed by atoms with Crippen LogP contribution in [0.1, 0.15) is 52.0 Å². The number of ether oxygens (including phenoxy) is 1. The van der Waals surface area contributed by atoms with Crippen LogP contribution in [0.3, 0.4) is 0 Å². The molecule has 1 saturated heterocycles. The molecule has 0 bridgehead atoms. The number of nitriles is 1. The smallest absolute Gasteiger partial charge is 0.229 e. The van der Waals surface area contributed by atoms with Crippen molar-refractivity contribution in [2.75, 3.05) is 24.1 Å². The molecule has 2 aromatic rings. The van der Waals surface area contributed by atoms with Gasteiger partial charge in [0, 0.05) is 22.0 Å². The van der Waals surface area contributed by atoms with Gasteiger partial charge in [-0.3, -0.25) is 4.90 Å². The summed E-state index contributed by atoms with van der Waals surface area (Å²) in [5.41, 5.74) is 6.19. The Balaban J connectivity index is 0.000000346. The van der Waals surface area contributed by atoms with Crippen LogP contribution in [0.5, 0.6) is 5.75 Å². The summed E-state index contributed by atoms with van der Waals surface area (Å²) in [6.07, 6.45) is 6.40. The number of anilines is 3. The Kier molecular flexibility index (Phi) is 9.86. The van der Waals surface area contributed by atoms with Crippen LogP contribution in [-0.4, -0.2) is 80.8 Å². The van der Waals surface area contributed by atoms with Crippen LogP contribution in [0.2, 0.25) is 0 Å². The van der Waals surface area contributed by atoms with Crippen molar-refractivity contribution in [2.24, 2.45) is 0 Å². The van der Waals surface area contributed by atoms with Gasteiger partial charge in [-0.2, -0.15) is 10.2 Å². The molecular formula is C23H29B4FN6O2. The SMILES string of the molecule is CCCN1CCCCC1(C)C.[B]C([B])(O)C([B])([B])Oc1ccc(Nc2ncc(F)c(N)n2)cc1C#N. The number of nitrogens with two attached hydrogens (primary N) is 1. The lowest BCUT2D eigenvalue weighted by Gasteiger charge is -2.42. The van der Waals surface area contributed by atoms with Crippen molar-refractivity contribution in [2.45, 2.75) is 62.8 Å². The van der Waals surface area contributed by atoms with Crippen molar-refractivity contribution in [3.05, 3.63) is 35.8 Å². The first-order valence-electron chi connectivity index (χ1n) is 11.6. The van der Waals surface area contributed by atoms with E-state index < -0.39 is 16.6 Å². The van der Waals surface area contributed by atoms with Gasteiger partial charge in [-0.25, -0.2) is 9.37 Å². The highest BCUT2D eigenvalue weighted by molar-refractivity contribution is 6.53. The third-order valence-electron chi connectivity index (χ3n) is 5.85. The zero-order valence-corrected chi connectivity index (χ0v) is 21.0. The van der Waals surface area contributed by atoms with Gasteiger partial charge >= 0.3 is 0 Å². The van der Waals surface area contributed by atoms with E-state index in [1.165, 1.54) is 57.0 Å². The Labute approximate surface area is 217 Å². The van der Waals surface area contributed by atoms with E-state index in [2.05, 4.69) is 41.0 Å². The summed E-state index contributed by atoms with van der Waals surface area (Å²) in [6.45, 7) is 9.63. The molecule has 1 fully saturated rings. The summed E-state index contributed by atoms with van der Waals surface area (Å²) in [7, 11) is 21.4. The molecule has 8 nitrogen and oxygen atoms in total. The predicted octanol–water partition coefficient (Wildman–Crippen LogP) is 1.83. The average Bonchev–Trinajstić information content (AvgIpc) is 2.78. The second-order valence-electron chi connectivity index (χ2n) is 9.35. The van der Waals surface area contributed by atoms with E-state index in [1.54, 1.807) is 0 Å². The second kappa shape index (κ2) is 12.0. The zero-order chi connectivity index (χ0) is 27.1. The molecule has 0 atom stereocenters. The Bertz CT molecular complexity index is 1070. The van der Waals surface area contributed by atoms with Crippen molar-refractivity contribution in [1.82, 2.24) is 14.9 Å². The lowest BCUT2D eigenvalue weighted by atomic mass is 9.42. The standard InChI is InChI=1S/C13H8B4FN5O2.C10H21N/c14-12(15,24)13(16,17)25-9-2-1-7(3-6(9)4-19)22-11-21-5-8(18)10(20)23-11;1-4-8-11-9-6-5-7-10(11,2)3/h1-3,5,24H,(H3,20,21,22,23);4-9H2,1-3H3. The summed E-state index contributed by atoms with van der Waals surface area (Å²) >= 11 is 0. The number of aliphatic hydroxyl groups is 1. The van der Waals surface area contributed by atoms with Gasteiger partial charge in [0.2, 0.25) is 5.95 Å². The maximum atomic E-state index is 13.1. The fourth-order valence-electron chi connectivity index (χ4n) is 3.62. The van der Waals surface area contributed by atoms with Crippen LogP contribution in [0.25, 0.3) is 0 Å². The first-order valence-corrected chi connectivity index (χ1v) is 11.6. The highest BCUT2D eigenvalue weighted by Gasteiger charge is 2.35. The number of rotatable bonds is 7. The quantitative estimate of drug-likeness (QED) is 0.510. The summed E-state index contributed by atoms with van der Waals surface area (Å²) < 4.78 is 18.2. The van der Waals surface area contributed by atoms with Crippen molar-refractivity contribution in [3.8, 4) is 11.8 Å². The highest BCUT2D eigenvalue weighted by Crippen LogP contribution is 2.28. The monoisotopic (exact) mass is 484 g/mol. The number of aromatic nitrogens is 2. The second-order valence-corrected chi connectivity index (χ2v) is 9.35. The van der Waals surface area contributed by atoms with Gasteiger partial charge in [0.1, 0.15) is 43.2 Å². The number of hydrogen-bond acceptors (Lipinski definition) is 8. The number of nitrogens with one attached hydrogen (secondary N) is 1. The lowest BCUT2D eigenvalue weighted by Crippen LogP contribution is -2.60. The predicted molar refractivity (Wildman–Crippen MR) is 142 cm³/mol. The minimum absolute atomic E-state index is 0.00962. The van der Waals surface area contributed by atoms with Crippen LogP contribution in [0, 0.1) is 17.1 Å². The Hall–Kier alpha value is -2.70. The van der Waals surface area contributed by atoms with Crippen LogP contribution in [-0.2, 0) is 0 Å². The van der Waals surface area contributed by atoms with E-state index in [0.717, 1.165) is 6.20 Å². The number of hydrogen-bond donors (Lipinski definition) is 3. The normalized spacial score (nSPS) is 15.8. The number of halogens is 1. The van der Waals surface area contributed by atoms with E-state index in [4.69, 9.17) is 41.9 Å². The number of nitrogen functional groups attached to an aromatic ring is 1. The Morgan fingerprint density at radius 2 is 2.00 bits per heavy atom. The van der Waals surface area contributed by atoms with Crippen LogP contribution in [0.15, 0.2) is 24.4 Å². The topological polar surface area (TPSA) is 120 Å². The minimum Gasteiger partial charge on any atom is -0.504 e. The van der Waals surface area contributed by atoms with Gasteiger partial charge in [0.25, 0.3) is 0 Å². The number of benzene rings is 1.